The van der Waals surface area contributed by atoms with E-state index in [1.54, 1.807) is 37.0 Å². The molecule has 1 aliphatic heterocycles. The Balaban J connectivity index is 2.12. The van der Waals surface area contributed by atoms with Crippen molar-refractivity contribution in [1.29, 1.82) is 0 Å². The van der Waals surface area contributed by atoms with E-state index < -0.39 is 12.2 Å². The van der Waals surface area contributed by atoms with Gasteiger partial charge in [-0.3, -0.25) is 9.80 Å². The fourth-order valence-corrected chi connectivity index (χ4v) is 4.27. The van der Waals surface area contributed by atoms with Gasteiger partial charge in [0.1, 0.15) is 0 Å². The molecule has 0 radical (unpaired) electrons. The van der Waals surface area contributed by atoms with Crippen LogP contribution >= 0.6 is 0 Å². The summed E-state index contributed by atoms with van der Waals surface area (Å²) in [6.07, 6.45) is 0.400. The molecule has 0 unspecified atom stereocenters. The van der Waals surface area contributed by atoms with Crippen LogP contribution in [-0.2, 0) is 16.0 Å². The lowest BCUT2D eigenvalue weighted by Gasteiger charge is -2.42. The van der Waals surface area contributed by atoms with Crippen LogP contribution < -0.4 is 14.4 Å². The zero-order valence-corrected chi connectivity index (χ0v) is 20.6. The molecule has 1 heterocycles. The molecule has 0 saturated carbocycles. The standard InChI is InChI=1S/C26H34N2O6/c1-6-13-34-26(30)28-18(3)14-21(20-15-23(31-4)24(32-5)16-22(20)28)27(25(29)33-7-2)17-19-11-9-8-10-12-19/h8-12,15-16,18,21H,6-7,13-14,17H2,1-5H3/t18-,21+/m0/s1. The SMILES string of the molecule is CCCOC(=O)N1c2cc(OC)c(OC)cc2[C@H](N(Cc2ccccc2)C(=O)OCC)C[C@@H]1C. The number of anilines is 1. The minimum Gasteiger partial charge on any atom is -0.493 e. The highest BCUT2D eigenvalue weighted by atomic mass is 16.6. The molecule has 0 aromatic heterocycles. The van der Waals surface area contributed by atoms with E-state index in [0.717, 1.165) is 17.5 Å². The Morgan fingerprint density at radius 1 is 1.03 bits per heavy atom. The van der Waals surface area contributed by atoms with Gasteiger partial charge in [-0.25, -0.2) is 9.59 Å². The van der Waals surface area contributed by atoms with Gasteiger partial charge in [-0.15, -0.1) is 0 Å². The average Bonchev–Trinajstić information content (AvgIpc) is 2.85. The summed E-state index contributed by atoms with van der Waals surface area (Å²) in [5, 5.41) is 0. The molecule has 0 N–H and O–H groups in total. The van der Waals surface area contributed by atoms with Gasteiger partial charge in [0.2, 0.25) is 0 Å². The first-order valence-corrected chi connectivity index (χ1v) is 11.6. The first-order chi connectivity index (χ1) is 16.4. The molecule has 184 valence electrons. The van der Waals surface area contributed by atoms with Gasteiger partial charge < -0.3 is 18.9 Å². The zero-order valence-electron chi connectivity index (χ0n) is 20.6. The molecule has 2 amide bonds. The van der Waals surface area contributed by atoms with E-state index in [1.807, 2.05) is 50.2 Å². The average molecular weight is 471 g/mol. The third-order valence-corrected chi connectivity index (χ3v) is 5.86. The summed E-state index contributed by atoms with van der Waals surface area (Å²) in [5.74, 6) is 1.01. The molecule has 0 saturated heterocycles. The van der Waals surface area contributed by atoms with Gasteiger partial charge in [-0.05, 0) is 38.3 Å². The molecular weight excluding hydrogens is 436 g/mol. The van der Waals surface area contributed by atoms with E-state index in [0.29, 0.717) is 36.8 Å². The predicted octanol–water partition coefficient (Wildman–Crippen LogP) is 5.55. The van der Waals surface area contributed by atoms with Crippen LogP contribution in [0.3, 0.4) is 0 Å². The molecule has 8 heteroatoms. The van der Waals surface area contributed by atoms with Crippen molar-refractivity contribution < 1.29 is 28.5 Å². The van der Waals surface area contributed by atoms with Gasteiger partial charge >= 0.3 is 12.2 Å². The van der Waals surface area contributed by atoms with Gasteiger partial charge in [-0.1, -0.05) is 37.3 Å². The van der Waals surface area contributed by atoms with E-state index in [4.69, 9.17) is 18.9 Å². The van der Waals surface area contributed by atoms with E-state index in [-0.39, 0.29) is 18.7 Å². The lowest BCUT2D eigenvalue weighted by molar-refractivity contribution is 0.0808. The number of ether oxygens (including phenoxy) is 4. The summed E-state index contributed by atoms with van der Waals surface area (Å²) in [6.45, 7) is 6.65. The van der Waals surface area contributed by atoms with E-state index in [2.05, 4.69) is 0 Å². The Labute approximate surface area is 201 Å². The van der Waals surface area contributed by atoms with Crippen molar-refractivity contribution in [2.45, 2.75) is 52.2 Å². The predicted molar refractivity (Wildman–Crippen MR) is 129 cm³/mol. The zero-order chi connectivity index (χ0) is 24.7. The molecule has 8 nitrogen and oxygen atoms in total. The topological polar surface area (TPSA) is 77.5 Å². The minimum absolute atomic E-state index is 0.229. The van der Waals surface area contributed by atoms with Gasteiger partial charge in [0.25, 0.3) is 0 Å². The largest absolute Gasteiger partial charge is 0.493 e. The summed E-state index contributed by atoms with van der Waals surface area (Å²) >= 11 is 0. The maximum Gasteiger partial charge on any atom is 0.414 e. The second-order valence-corrected chi connectivity index (χ2v) is 8.16. The summed E-state index contributed by atoms with van der Waals surface area (Å²) in [5.41, 5.74) is 2.38. The maximum absolute atomic E-state index is 13.1. The van der Waals surface area contributed by atoms with E-state index >= 15 is 0 Å². The van der Waals surface area contributed by atoms with Gasteiger partial charge in [0, 0.05) is 24.2 Å². The molecule has 0 fully saturated rings. The molecule has 34 heavy (non-hydrogen) atoms. The van der Waals surface area contributed by atoms with Crippen LogP contribution in [0.5, 0.6) is 11.5 Å². The number of methoxy groups -OCH3 is 2. The first kappa shape index (κ1) is 25.2. The second-order valence-electron chi connectivity index (χ2n) is 8.16. The lowest BCUT2D eigenvalue weighted by atomic mass is 9.90. The molecule has 0 spiro atoms. The van der Waals surface area contributed by atoms with Crippen molar-refractivity contribution in [2.75, 3.05) is 32.3 Å². The van der Waals surface area contributed by atoms with Crippen LogP contribution in [0.1, 0.15) is 50.8 Å². The van der Waals surface area contributed by atoms with Crippen LogP contribution in [0.15, 0.2) is 42.5 Å². The van der Waals surface area contributed by atoms with Gasteiger partial charge in [-0.2, -0.15) is 0 Å². The van der Waals surface area contributed by atoms with E-state index in [9.17, 15) is 9.59 Å². The highest BCUT2D eigenvalue weighted by molar-refractivity contribution is 5.91. The Kier molecular flexibility index (Phi) is 8.62. The van der Waals surface area contributed by atoms with E-state index in [1.165, 1.54) is 0 Å². The Bertz CT molecular complexity index is 981. The van der Waals surface area contributed by atoms with Crippen molar-refractivity contribution in [1.82, 2.24) is 4.90 Å². The Morgan fingerprint density at radius 2 is 1.71 bits per heavy atom. The number of hydrogen-bond donors (Lipinski definition) is 0. The number of nitrogens with zero attached hydrogens (tertiary/aromatic N) is 2. The lowest BCUT2D eigenvalue weighted by Crippen LogP contribution is -2.47. The fraction of sp³-hybridized carbons (Fsp3) is 0.462. The molecule has 1 aliphatic rings. The minimum atomic E-state index is -0.424. The van der Waals surface area contributed by atoms with Gasteiger partial charge in [0.15, 0.2) is 11.5 Å². The summed E-state index contributed by atoms with van der Waals surface area (Å²) in [7, 11) is 3.11. The number of carbonyl (C=O) groups excluding carboxylic acids is 2. The number of rotatable bonds is 8. The summed E-state index contributed by atoms with van der Waals surface area (Å²) in [4.78, 5) is 29.5. The van der Waals surface area contributed by atoms with Crippen LogP contribution in [0.2, 0.25) is 0 Å². The van der Waals surface area contributed by atoms with Crippen molar-refractivity contribution in [3.8, 4) is 11.5 Å². The number of carbonyl (C=O) groups is 2. The third-order valence-electron chi connectivity index (χ3n) is 5.86. The number of benzene rings is 2. The maximum atomic E-state index is 13.1. The highest BCUT2D eigenvalue weighted by Gasteiger charge is 2.40. The van der Waals surface area contributed by atoms with Crippen molar-refractivity contribution in [2.24, 2.45) is 0 Å². The smallest absolute Gasteiger partial charge is 0.414 e. The number of hydrogen-bond acceptors (Lipinski definition) is 6. The molecule has 0 bridgehead atoms. The molecular formula is C26H34N2O6. The summed E-state index contributed by atoms with van der Waals surface area (Å²) < 4.78 is 22.0. The molecule has 2 aromatic carbocycles. The quantitative estimate of drug-likeness (QED) is 0.503. The molecule has 2 atom stereocenters. The van der Waals surface area contributed by atoms with Crippen LogP contribution in [0.25, 0.3) is 0 Å². The number of fused-ring (bicyclic) bond motifs is 1. The second kappa shape index (κ2) is 11.6. The van der Waals surface area contributed by atoms with Crippen molar-refractivity contribution in [3.63, 3.8) is 0 Å². The highest BCUT2D eigenvalue weighted by Crippen LogP contribution is 2.46. The van der Waals surface area contributed by atoms with Crippen molar-refractivity contribution in [3.05, 3.63) is 53.6 Å². The van der Waals surface area contributed by atoms with Crippen LogP contribution in [0, 0.1) is 0 Å². The molecule has 2 aromatic rings. The Hall–Kier alpha value is -3.42. The molecule has 0 aliphatic carbocycles. The van der Waals surface area contributed by atoms with Gasteiger partial charge in [0.05, 0.1) is 39.2 Å². The Morgan fingerprint density at radius 3 is 2.32 bits per heavy atom. The normalized spacial score (nSPS) is 16.9. The molecule has 3 rings (SSSR count). The van der Waals surface area contributed by atoms with Crippen LogP contribution in [-0.4, -0.2) is 50.6 Å². The third kappa shape index (κ3) is 5.38. The first-order valence-electron chi connectivity index (χ1n) is 11.6. The van der Waals surface area contributed by atoms with Crippen LogP contribution in [0.4, 0.5) is 15.3 Å². The van der Waals surface area contributed by atoms with Crippen molar-refractivity contribution >= 4 is 17.9 Å². The summed E-state index contributed by atoms with van der Waals surface area (Å²) in [6, 6.07) is 12.8. The monoisotopic (exact) mass is 470 g/mol. The fourth-order valence-electron chi connectivity index (χ4n) is 4.27. The number of amides is 2.